The van der Waals surface area contributed by atoms with Gasteiger partial charge < -0.3 is 10.6 Å². The molecule has 2 N–H and O–H groups in total. The van der Waals surface area contributed by atoms with Crippen LogP contribution in [0.2, 0.25) is 0 Å². The van der Waals surface area contributed by atoms with Crippen molar-refractivity contribution in [3.63, 3.8) is 0 Å². The highest BCUT2D eigenvalue weighted by Gasteiger charge is 2.12. The topological polar surface area (TPSA) is 84.0 Å². The number of hydrogen-bond donors (Lipinski definition) is 2. The highest BCUT2D eigenvalue weighted by atomic mass is 19.1. The summed E-state index contributed by atoms with van der Waals surface area (Å²) in [4.78, 5) is 32.7. The van der Waals surface area contributed by atoms with Crippen LogP contribution in [0.15, 0.2) is 67.0 Å². The van der Waals surface area contributed by atoms with Crippen LogP contribution in [0, 0.1) is 5.82 Å². The van der Waals surface area contributed by atoms with Crippen LogP contribution in [-0.4, -0.2) is 28.3 Å². The molecule has 0 fully saturated rings. The molecule has 0 bridgehead atoms. The number of aromatic nitrogens is 2. The second kappa shape index (κ2) is 9.36. The first-order chi connectivity index (χ1) is 13.6. The number of carbonyl (C=O) groups excluding carboxylic acids is 2. The summed E-state index contributed by atoms with van der Waals surface area (Å²) in [7, 11) is 0. The molecule has 3 aromatic rings. The second-order valence-electron chi connectivity index (χ2n) is 6.07. The number of rotatable bonds is 7. The number of nitrogens with one attached hydrogen (secondary N) is 2. The van der Waals surface area contributed by atoms with E-state index in [1.807, 2.05) is 6.07 Å². The van der Waals surface area contributed by atoms with Crippen molar-refractivity contribution in [2.24, 2.45) is 0 Å². The van der Waals surface area contributed by atoms with Crippen molar-refractivity contribution >= 4 is 11.8 Å². The van der Waals surface area contributed by atoms with Crippen LogP contribution in [0.1, 0.15) is 32.1 Å². The van der Waals surface area contributed by atoms with Gasteiger partial charge in [0, 0.05) is 24.5 Å². The molecule has 2 heterocycles. The van der Waals surface area contributed by atoms with E-state index in [2.05, 4.69) is 20.6 Å². The van der Waals surface area contributed by atoms with Crippen molar-refractivity contribution < 1.29 is 14.0 Å². The lowest BCUT2D eigenvalue weighted by atomic mass is 10.1. The maximum atomic E-state index is 12.9. The minimum Gasteiger partial charge on any atom is -0.352 e. The third-order valence-corrected chi connectivity index (χ3v) is 4.02. The Balaban J connectivity index is 1.53. The largest absolute Gasteiger partial charge is 0.352 e. The highest BCUT2D eigenvalue weighted by Crippen LogP contribution is 2.05. The molecule has 3 rings (SSSR count). The van der Waals surface area contributed by atoms with Gasteiger partial charge in [-0.05, 0) is 48.4 Å². The lowest BCUT2D eigenvalue weighted by Crippen LogP contribution is -2.27. The first kappa shape index (κ1) is 19.2. The molecule has 0 aliphatic heterocycles. The van der Waals surface area contributed by atoms with E-state index in [1.165, 1.54) is 24.4 Å². The molecule has 0 aliphatic carbocycles. The number of carbonyl (C=O) groups is 2. The Bertz CT molecular complexity index is 946. The van der Waals surface area contributed by atoms with Crippen LogP contribution < -0.4 is 10.6 Å². The Morgan fingerprint density at radius 3 is 2.46 bits per heavy atom. The van der Waals surface area contributed by atoms with E-state index in [0.717, 1.165) is 11.3 Å². The lowest BCUT2D eigenvalue weighted by Gasteiger charge is -2.07. The van der Waals surface area contributed by atoms with Gasteiger partial charge in [-0.25, -0.2) is 4.39 Å². The van der Waals surface area contributed by atoms with Gasteiger partial charge in [-0.1, -0.05) is 18.2 Å². The molecule has 0 atom stereocenters. The zero-order chi connectivity index (χ0) is 19.8. The summed E-state index contributed by atoms with van der Waals surface area (Å²) >= 11 is 0. The van der Waals surface area contributed by atoms with Crippen molar-refractivity contribution in [2.45, 2.75) is 13.0 Å². The van der Waals surface area contributed by atoms with E-state index in [9.17, 15) is 14.0 Å². The fourth-order valence-electron chi connectivity index (χ4n) is 2.53. The third-order valence-electron chi connectivity index (χ3n) is 4.02. The van der Waals surface area contributed by atoms with Gasteiger partial charge in [0.1, 0.15) is 11.5 Å². The summed E-state index contributed by atoms with van der Waals surface area (Å²) < 4.78 is 12.9. The monoisotopic (exact) mass is 378 g/mol. The van der Waals surface area contributed by atoms with E-state index in [4.69, 9.17) is 0 Å². The summed E-state index contributed by atoms with van der Waals surface area (Å²) in [6.45, 7) is 0.670. The smallest absolute Gasteiger partial charge is 0.270 e. The van der Waals surface area contributed by atoms with Gasteiger partial charge in [-0.15, -0.1) is 0 Å². The molecule has 142 valence electrons. The van der Waals surface area contributed by atoms with Gasteiger partial charge in [-0.2, -0.15) is 0 Å². The quantitative estimate of drug-likeness (QED) is 0.662. The fraction of sp³-hybridized carbons (Fsp3) is 0.143. The predicted octanol–water partition coefficient (Wildman–Crippen LogP) is 2.52. The van der Waals surface area contributed by atoms with Crippen LogP contribution in [0.3, 0.4) is 0 Å². The zero-order valence-electron chi connectivity index (χ0n) is 15.1. The van der Waals surface area contributed by atoms with Crippen LogP contribution in [0.4, 0.5) is 4.39 Å². The summed E-state index contributed by atoms with van der Waals surface area (Å²) in [5.74, 6) is -0.978. The van der Waals surface area contributed by atoms with E-state index in [-0.39, 0.29) is 29.9 Å². The van der Waals surface area contributed by atoms with Gasteiger partial charge in [0.2, 0.25) is 0 Å². The number of nitrogens with zero attached hydrogens (tertiary/aromatic N) is 2. The molecular formula is C21H19FN4O2. The number of pyridine rings is 2. The summed E-state index contributed by atoms with van der Waals surface area (Å²) in [6.07, 6.45) is 3.65. The number of amides is 2. The van der Waals surface area contributed by atoms with Gasteiger partial charge >= 0.3 is 0 Å². The van der Waals surface area contributed by atoms with Crippen LogP contribution in [0.5, 0.6) is 0 Å². The Morgan fingerprint density at radius 1 is 0.893 bits per heavy atom. The van der Waals surface area contributed by atoms with Gasteiger partial charge in [-0.3, -0.25) is 19.6 Å². The molecule has 0 unspecified atom stereocenters. The lowest BCUT2D eigenvalue weighted by molar-refractivity contribution is 0.0945. The normalized spacial score (nSPS) is 10.3. The molecular weight excluding hydrogens is 359 g/mol. The number of hydrogen-bond acceptors (Lipinski definition) is 4. The van der Waals surface area contributed by atoms with Crippen molar-refractivity contribution in [1.82, 2.24) is 20.6 Å². The number of halogens is 1. The Labute approximate surface area is 161 Å². The van der Waals surface area contributed by atoms with Crippen molar-refractivity contribution in [3.8, 4) is 0 Å². The molecule has 28 heavy (non-hydrogen) atoms. The Morgan fingerprint density at radius 2 is 1.71 bits per heavy atom. The van der Waals surface area contributed by atoms with Gasteiger partial charge in [0.25, 0.3) is 11.8 Å². The van der Waals surface area contributed by atoms with E-state index >= 15 is 0 Å². The molecule has 0 spiro atoms. The van der Waals surface area contributed by atoms with Crippen molar-refractivity contribution in [3.05, 3.63) is 95.3 Å². The Kier molecular flexibility index (Phi) is 6.41. The SMILES string of the molecule is O=C(NCCc1ccc(F)cc1)c1ccnc(C(=O)NCc2ccccn2)c1. The molecule has 0 radical (unpaired) electrons. The van der Waals surface area contributed by atoms with Crippen molar-refractivity contribution in [1.29, 1.82) is 0 Å². The standard InChI is InChI=1S/C21H19FN4O2/c22-17-6-4-15(5-7-17)8-11-25-20(27)16-9-12-24-19(13-16)21(28)26-14-18-3-1-2-10-23-18/h1-7,9-10,12-13H,8,11,14H2,(H,25,27)(H,26,28). The van der Waals surface area contributed by atoms with Crippen LogP contribution in [0.25, 0.3) is 0 Å². The first-order valence-electron chi connectivity index (χ1n) is 8.78. The molecule has 1 aromatic carbocycles. The molecule has 2 aromatic heterocycles. The second-order valence-corrected chi connectivity index (χ2v) is 6.07. The molecule has 2 amide bonds. The van der Waals surface area contributed by atoms with E-state index < -0.39 is 0 Å². The summed E-state index contributed by atoms with van der Waals surface area (Å²) in [6, 6.07) is 14.6. The average molecular weight is 378 g/mol. The molecule has 0 saturated heterocycles. The molecule has 7 heteroatoms. The van der Waals surface area contributed by atoms with Crippen molar-refractivity contribution in [2.75, 3.05) is 6.54 Å². The minimum absolute atomic E-state index is 0.155. The van der Waals surface area contributed by atoms with Crippen LogP contribution in [-0.2, 0) is 13.0 Å². The van der Waals surface area contributed by atoms with E-state index in [1.54, 1.807) is 36.5 Å². The Hall–Kier alpha value is -3.61. The fourth-order valence-corrected chi connectivity index (χ4v) is 2.53. The number of benzene rings is 1. The molecule has 0 aliphatic rings. The summed E-state index contributed by atoms with van der Waals surface area (Å²) in [5.41, 5.74) is 2.15. The summed E-state index contributed by atoms with van der Waals surface area (Å²) in [5, 5.41) is 5.51. The van der Waals surface area contributed by atoms with Gasteiger partial charge in [0.15, 0.2) is 0 Å². The predicted molar refractivity (Wildman–Crippen MR) is 102 cm³/mol. The van der Waals surface area contributed by atoms with Crippen LogP contribution >= 0.6 is 0 Å². The maximum absolute atomic E-state index is 12.9. The maximum Gasteiger partial charge on any atom is 0.270 e. The minimum atomic E-state index is -0.383. The average Bonchev–Trinajstić information content (AvgIpc) is 2.74. The molecule has 0 saturated carbocycles. The highest BCUT2D eigenvalue weighted by molar-refractivity contribution is 5.98. The first-order valence-corrected chi connectivity index (χ1v) is 8.78. The van der Waals surface area contributed by atoms with E-state index in [0.29, 0.717) is 18.5 Å². The third kappa shape index (κ3) is 5.44. The van der Waals surface area contributed by atoms with Gasteiger partial charge in [0.05, 0.1) is 12.2 Å². The zero-order valence-corrected chi connectivity index (χ0v) is 15.1. The molecule has 6 nitrogen and oxygen atoms in total.